The van der Waals surface area contributed by atoms with E-state index in [2.05, 4.69) is 9.97 Å². The Hall–Kier alpha value is -1.69. The molecule has 146 valence electrons. The number of carbonyl (C=O) groups excluding carboxylic acids is 1. The average molecular weight is 371 g/mol. The molecule has 0 aromatic carbocycles. The van der Waals surface area contributed by atoms with Crippen LogP contribution in [0.2, 0.25) is 0 Å². The van der Waals surface area contributed by atoms with Crippen LogP contribution in [0.15, 0.2) is 11.0 Å². The first-order chi connectivity index (χ1) is 13.1. The molecular weight excluding hydrogens is 342 g/mol. The lowest BCUT2D eigenvalue weighted by atomic mass is 9.49. The summed E-state index contributed by atoms with van der Waals surface area (Å²) in [6.45, 7) is 3.66. The Bertz CT molecular complexity index is 767. The van der Waals surface area contributed by atoms with Gasteiger partial charge in [0.25, 0.3) is 11.5 Å². The first-order valence-corrected chi connectivity index (χ1v) is 10.6. The second-order valence-electron chi connectivity index (χ2n) is 9.32. The Morgan fingerprint density at radius 2 is 1.93 bits per heavy atom. The van der Waals surface area contributed by atoms with Gasteiger partial charge >= 0.3 is 0 Å². The lowest BCUT2D eigenvalue weighted by molar-refractivity contribution is -0.0227. The zero-order chi connectivity index (χ0) is 18.6. The topological polar surface area (TPSA) is 75.3 Å². The average Bonchev–Trinajstić information content (AvgIpc) is 2.66. The van der Waals surface area contributed by atoms with Gasteiger partial charge in [-0.15, -0.1) is 0 Å². The van der Waals surface area contributed by atoms with E-state index in [0.29, 0.717) is 19.7 Å². The van der Waals surface area contributed by atoms with Crippen LogP contribution in [-0.2, 0) is 10.2 Å². The summed E-state index contributed by atoms with van der Waals surface area (Å²) in [5.74, 6) is 2.99. The van der Waals surface area contributed by atoms with Crippen molar-refractivity contribution in [3.63, 3.8) is 0 Å². The van der Waals surface area contributed by atoms with Crippen molar-refractivity contribution in [2.75, 3.05) is 19.7 Å². The molecule has 1 aliphatic heterocycles. The van der Waals surface area contributed by atoms with E-state index in [-0.39, 0.29) is 28.5 Å². The Morgan fingerprint density at radius 1 is 1.26 bits per heavy atom. The number of ether oxygens (including phenoxy) is 1. The molecule has 6 nitrogen and oxygen atoms in total. The highest BCUT2D eigenvalue weighted by Gasteiger charge is 2.53. The highest BCUT2D eigenvalue weighted by atomic mass is 16.5. The van der Waals surface area contributed by atoms with Gasteiger partial charge in [0.1, 0.15) is 11.4 Å². The van der Waals surface area contributed by atoms with Crippen molar-refractivity contribution in [3.8, 4) is 0 Å². The van der Waals surface area contributed by atoms with Crippen molar-refractivity contribution in [1.82, 2.24) is 14.9 Å². The molecule has 1 aromatic heterocycles. The summed E-state index contributed by atoms with van der Waals surface area (Å²) in [6, 6.07) is 0. The third-order valence-electron chi connectivity index (χ3n) is 7.45. The number of morpholine rings is 1. The van der Waals surface area contributed by atoms with Gasteiger partial charge in [-0.05, 0) is 62.7 Å². The van der Waals surface area contributed by atoms with Gasteiger partial charge in [-0.3, -0.25) is 9.59 Å². The summed E-state index contributed by atoms with van der Waals surface area (Å²) in [6.07, 6.45) is 9.97. The maximum absolute atomic E-state index is 12.9. The predicted octanol–water partition coefficient (Wildman–Crippen LogP) is 2.49. The van der Waals surface area contributed by atoms with Gasteiger partial charge in [-0.2, -0.15) is 0 Å². The van der Waals surface area contributed by atoms with Crippen molar-refractivity contribution < 1.29 is 9.53 Å². The zero-order valence-electron chi connectivity index (χ0n) is 16.1. The molecule has 1 unspecified atom stereocenters. The molecule has 5 fully saturated rings. The van der Waals surface area contributed by atoms with Crippen LogP contribution in [0.5, 0.6) is 0 Å². The molecule has 1 amide bonds. The fourth-order valence-electron chi connectivity index (χ4n) is 6.54. The van der Waals surface area contributed by atoms with Crippen molar-refractivity contribution in [2.45, 2.75) is 63.4 Å². The third kappa shape index (κ3) is 2.93. The molecule has 1 atom stereocenters. The maximum Gasteiger partial charge on any atom is 0.263 e. The summed E-state index contributed by atoms with van der Waals surface area (Å²) in [4.78, 5) is 35.1. The zero-order valence-corrected chi connectivity index (χ0v) is 16.1. The Morgan fingerprint density at radius 3 is 2.52 bits per heavy atom. The molecule has 27 heavy (non-hydrogen) atoms. The molecule has 6 heteroatoms. The predicted molar refractivity (Wildman–Crippen MR) is 101 cm³/mol. The molecule has 5 aliphatic rings. The Kier molecular flexibility index (Phi) is 4.15. The molecule has 4 bridgehead atoms. The van der Waals surface area contributed by atoms with Gasteiger partial charge in [-0.1, -0.05) is 6.92 Å². The first kappa shape index (κ1) is 17.4. The quantitative estimate of drug-likeness (QED) is 0.886. The van der Waals surface area contributed by atoms with E-state index in [1.807, 2.05) is 6.92 Å². The second-order valence-corrected chi connectivity index (χ2v) is 9.32. The van der Waals surface area contributed by atoms with Gasteiger partial charge in [0.2, 0.25) is 0 Å². The Balaban J connectivity index is 1.40. The van der Waals surface area contributed by atoms with Gasteiger partial charge < -0.3 is 14.6 Å². The number of hydrogen-bond donors (Lipinski definition) is 1. The number of carbonyl (C=O) groups is 1. The van der Waals surface area contributed by atoms with E-state index >= 15 is 0 Å². The number of rotatable bonds is 3. The maximum atomic E-state index is 12.9. The van der Waals surface area contributed by atoms with Gasteiger partial charge in [-0.25, -0.2) is 4.98 Å². The van der Waals surface area contributed by atoms with Crippen LogP contribution in [0, 0.1) is 17.8 Å². The minimum Gasteiger partial charge on any atom is -0.375 e. The molecule has 1 N–H and O–H groups in total. The van der Waals surface area contributed by atoms with Crippen LogP contribution in [-0.4, -0.2) is 46.6 Å². The van der Waals surface area contributed by atoms with E-state index in [4.69, 9.17) is 4.74 Å². The number of nitrogens with one attached hydrogen (secondary N) is 1. The molecule has 4 saturated carbocycles. The number of aromatic amines is 1. The largest absolute Gasteiger partial charge is 0.375 e. The summed E-state index contributed by atoms with van der Waals surface area (Å²) in [7, 11) is 0. The van der Waals surface area contributed by atoms with Crippen LogP contribution >= 0.6 is 0 Å². The standard InChI is InChI=1S/C21H29N3O3/c1-2-16-12-24(3-4-27-16)19(26)17-11-22-20(23-18(17)25)21-8-13-5-14(9-21)7-15(6-13)10-21/h11,13-16H,2-10,12H2,1H3,(H,22,23,25). The smallest absolute Gasteiger partial charge is 0.263 e. The van der Waals surface area contributed by atoms with Crippen molar-refractivity contribution in [2.24, 2.45) is 17.8 Å². The lowest BCUT2D eigenvalue weighted by Gasteiger charge is -2.56. The van der Waals surface area contributed by atoms with Crippen LogP contribution in [0.4, 0.5) is 0 Å². The molecule has 4 aliphatic carbocycles. The minimum atomic E-state index is -0.278. The summed E-state index contributed by atoms with van der Waals surface area (Å²) >= 11 is 0. The van der Waals surface area contributed by atoms with E-state index < -0.39 is 0 Å². The number of H-pyrrole nitrogens is 1. The van der Waals surface area contributed by atoms with Crippen molar-refractivity contribution >= 4 is 5.91 Å². The SMILES string of the molecule is CCC1CN(C(=O)c2cnc(C34CC5CC(CC(C5)C3)C4)[nH]c2=O)CCO1. The van der Waals surface area contributed by atoms with Gasteiger partial charge in [0.15, 0.2) is 0 Å². The molecule has 2 heterocycles. The lowest BCUT2D eigenvalue weighted by Crippen LogP contribution is -2.50. The first-order valence-electron chi connectivity index (χ1n) is 10.6. The monoisotopic (exact) mass is 371 g/mol. The van der Waals surface area contributed by atoms with Crippen LogP contribution in [0.3, 0.4) is 0 Å². The molecule has 0 radical (unpaired) electrons. The van der Waals surface area contributed by atoms with E-state index in [9.17, 15) is 9.59 Å². The summed E-state index contributed by atoms with van der Waals surface area (Å²) in [5, 5.41) is 0. The number of aromatic nitrogens is 2. The molecular formula is C21H29N3O3. The van der Waals surface area contributed by atoms with Gasteiger partial charge in [0, 0.05) is 24.7 Å². The minimum absolute atomic E-state index is 0.0434. The van der Waals surface area contributed by atoms with Crippen LogP contribution in [0.25, 0.3) is 0 Å². The van der Waals surface area contributed by atoms with Crippen molar-refractivity contribution in [3.05, 3.63) is 27.9 Å². The number of nitrogens with zero attached hydrogens (tertiary/aromatic N) is 2. The molecule has 6 rings (SSSR count). The molecule has 0 spiro atoms. The van der Waals surface area contributed by atoms with Crippen LogP contribution in [0.1, 0.15) is 68.1 Å². The van der Waals surface area contributed by atoms with Crippen LogP contribution < -0.4 is 5.56 Å². The fraction of sp³-hybridized carbons (Fsp3) is 0.762. The fourth-order valence-corrected chi connectivity index (χ4v) is 6.54. The Labute approximate surface area is 159 Å². The van der Waals surface area contributed by atoms with E-state index in [1.165, 1.54) is 25.5 Å². The second kappa shape index (κ2) is 6.43. The highest BCUT2D eigenvalue weighted by molar-refractivity contribution is 5.93. The van der Waals surface area contributed by atoms with E-state index in [1.54, 1.807) is 4.90 Å². The number of amides is 1. The van der Waals surface area contributed by atoms with Crippen molar-refractivity contribution in [1.29, 1.82) is 0 Å². The molecule has 1 saturated heterocycles. The van der Waals surface area contributed by atoms with E-state index in [0.717, 1.165) is 49.3 Å². The molecule has 1 aromatic rings. The number of hydrogen-bond acceptors (Lipinski definition) is 4. The normalized spacial score (nSPS) is 37.6. The third-order valence-corrected chi connectivity index (χ3v) is 7.45. The summed E-state index contributed by atoms with van der Waals surface area (Å²) < 4.78 is 5.64. The van der Waals surface area contributed by atoms with Gasteiger partial charge in [0.05, 0.1) is 12.7 Å². The summed E-state index contributed by atoms with van der Waals surface area (Å²) in [5.41, 5.74) is -0.0672. The highest BCUT2D eigenvalue weighted by Crippen LogP contribution is 2.59.